The number of ether oxygens (including phenoxy) is 1. The highest BCUT2D eigenvalue weighted by atomic mass is 35.5. The van der Waals surface area contributed by atoms with Crippen LogP contribution in [0.4, 0.5) is 0 Å². The summed E-state index contributed by atoms with van der Waals surface area (Å²) in [5.74, 6) is 0.704. The maximum absolute atomic E-state index is 13.2. The molecule has 1 fully saturated rings. The monoisotopic (exact) mass is 448 g/mol. The summed E-state index contributed by atoms with van der Waals surface area (Å²) >= 11 is 6.29. The fourth-order valence-electron chi connectivity index (χ4n) is 4.15. The Labute approximate surface area is 194 Å². The van der Waals surface area contributed by atoms with Crippen molar-refractivity contribution in [1.82, 2.24) is 10.1 Å². The van der Waals surface area contributed by atoms with Gasteiger partial charge in [0.15, 0.2) is 0 Å². The lowest BCUT2D eigenvalue weighted by molar-refractivity contribution is -0.130. The van der Waals surface area contributed by atoms with Gasteiger partial charge in [0.2, 0.25) is 5.91 Å². The molecule has 1 aliphatic heterocycles. The van der Waals surface area contributed by atoms with Crippen LogP contribution in [0.5, 0.6) is 5.75 Å². The van der Waals surface area contributed by atoms with Gasteiger partial charge in [-0.2, -0.15) is 0 Å². The third kappa shape index (κ3) is 5.33. The summed E-state index contributed by atoms with van der Waals surface area (Å²) in [7, 11) is -0.747. The molecule has 1 amide bonds. The van der Waals surface area contributed by atoms with Crippen LogP contribution in [0.15, 0.2) is 78.9 Å². The Morgan fingerprint density at radius 2 is 1.81 bits per heavy atom. The number of halogens is 1. The maximum atomic E-state index is 13.2. The van der Waals surface area contributed by atoms with E-state index in [4.69, 9.17) is 16.3 Å². The summed E-state index contributed by atoms with van der Waals surface area (Å²) in [5, 5.41) is 13.3. The molecule has 0 saturated carbocycles. The molecule has 1 aliphatic rings. The van der Waals surface area contributed by atoms with Crippen LogP contribution in [0.1, 0.15) is 29.2 Å². The highest BCUT2D eigenvalue weighted by Gasteiger charge is 2.38. The molecular weight excluding hydrogens is 423 g/mol. The quantitative estimate of drug-likeness (QED) is 0.504. The lowest BCUT2D eigenvalue weighted by Crippen LogP contribution is -2.45. The van der Waals surface area contributed by atoms with Crippen LogP contribution < -0.4 is 9.96 Å². The van der Waals surface area contributed by atoms with Gasteiger partial charge in [-0.3, -0.25) is 4.79 Å². The summed E-state index contributed by atoms with van der Waals surface area (Å²) in [6, 6.07) is 24.7. The third-order valence-corrected chi connectivity index (χ3v) is 5.82. The zero-order chi connectivity index (χ0) is 22.5. The lowest BCUT2D eigenvalue weighted by Gasteiger charge is -2.30. The maximum Gasteiger partial charge on any atom is 0.374 e. The predicted molar refractivity (Wildman–Crippen MR) is 128 cm³/mol. The van der Waals surface area contributed by atoms with Crippen LogP contribution in [0, 0.1) is 0 Å². The second-order valence-corrected chi connectivity index (χ2v) is 8.46. The van der Waals surface area contributed by atoms with Gasteiger partial charge in [0.25, 0.3) is 0 Å². The number of amides is 1. The average Bonchev–Trinajstić information content (AvgIpc) is 3.13. The van der Waals surface area contributed by atoms with Gasteiger partial charge in [0.05, 0.1) is 12.1 Å². The molecule has 1 heterocycles. The first kappa shape index (κ1) is 22.4. The Morgan fingerprint density at radius 1 is 1.09 bits per heavy atom. The average molecular weight is 449 g/mol. The van der Waals surface area contributed by atoms with Crippen LogP contribution >= 0.6 is 11.6 Å². The number of hydrogen-bond donors (Lipinski definition) is 2. The number of carbonyl (C=O) groups is 1. The zero-order valence-corrected chi connectivity index (χ0v) is 18.7. The largest absolute Gasteiger partial charge is 0.489 e. The summed E-state index contributed by atoms with van der Waals surface area (Å²) in [6.45, 7) is 2.67. The Bertz CT molecular complexity index is 1060. The number of benzene rings is 3. The minimum atomic E-state index is -0.747. The smallest absolute Gasteiger partial charge is 0.374 e. The molecule has 1 unspecified atom stereocenters. The molecule has 5 nitrogen and oxygen atoms in total. The SMILES string of the molecule is CB(O)N[C@@H]1CCN(C(c2cccc(Cl)c2)c2cccc(OCc3ccccc3)c2)C1=O. The van der Waals surface area contributed by atoms with Crippen molar-refractivity contribution in [3.05, 3.63) is 101 Å². The van der Waals surface area contributed by atoms with Gasteiger partial charge in [-0.15, -0.1) is 0 Å². The number of carbonyl (C=O) groups excluding carboxylic acids is 1. The van der Waals surface area contributed by atoms with E-state index in [0.717, 1.165) is 22.4 Å². The molecule has 0 spiro atoms. The minimum Gasteiger partial charge on any atom is -0.489 e. The van der Waals surface area contributed by atoms with Gasteiger partial charge in [0.1, 0.15) is 12.4 Å². The fraction of sp³-hybridized carbons (Fsp3) is 0.240. The van der Waals surface area contributed by atoms with Crippen molar-refractivity contribution in [2.45, 2.75) is 31.9 Å². The van der Waals surface area contributed by atoms with Gasteiger partial charge < -0.3 is 19.9 Å². The first-order valence-corrected chi connectivity index (χ1v) is 11.2. The Morgan fingerprint density at radius 3 is 2.53 bits per heavy atom. The van der Waals surface area contributed by atoms with Gasteiger partial charge >= 0.3 is 7.05 Å². The van der Waals surface area contributed by atoms with Crippen molar-refractivity contribution in [2.24, 2.45) is 0 Å². The van der Waals surface area contributed by atoms with Crippen molar-refractivity contribution in [3.8, 4) is 5.75 Å². The third-order valence-electron chi connectivity index (χ3n) is 5.58. The van der Waals surface area contributed by atoms with E-state index in [-0.39, 0.29) is 11.9 Å². The van der Waals surface area contributed by atoms with Crippen molar-refractivity contribution in [3.63, 3.8) is 0 Å². The first-order chi connectivity index (χ1) is 15.5. The molecule has 2 N–H and O–H groups in total. The van der Waals surface area contributed by atoms with Crippen molar-refractivity contribution < 1.29 is 14.6 Å². The summed E-state index contributed by atoms with van der Waals surface area (Å²) < 4.78 is 6.03. The lowest BCUT2D eigenvalue weighted by atomic mass is 9.87. The standard InChI is InChI=1S/C25H26BClN2O3/c1-26(31)28-23-13-14-29(25(23)30)24(19-9-5-11-21(27)15-19)20-10-6-12-22(16-20)32-17-18-7-3-2-4-8-18/h2-12,15-16,23-24,28,31H,13-14,17H2,1H3/t23-,24?/m1/s1. The molecule has 0 radical (unpaired) electrons. The number of hydrogen-bond acceptors (Lipinski definition) is 4. The highest BCUT2D eigenvalue weighted by Crippen LogP contribution is 2.35. The Kier molecular flexibility index (Phi) is 7.15. The predicted octanol–water partition coefficient (Wildman–Crippen LogP) is 4.31. The number of nitrogens with one attached hydrogen (secondary N) is 1. The van der Waals surface area contributed by atoms with Crippen LogP contribution in [-0.4, -0.2) is 35.5 Å². The van der Waals surface area contributed by atoms with E-state index in [1.54, 1.807) is 6.82 Å². The van der Waals surface area contributed by atoms with Crippen molar-refractivity contribution in [1.29, 1.82) is 0 Å². The van der Waals surface area contributed by atoms with E-state index < -0.39 is 13.1 Å². The van der Waals surface area contributed by atoms with Crippen molar-refractivity contribution in [2.75, 3.05) is 6.54 Å². The van der Waals surface area contributed by atoms with Crippen LogP contribution in [0.2, 0.25) is 11.8 Å². The topological polar surface area (TPSA) is 61.8 Å². The molecule has 32 heavy (non-hydrogen) atoms. The first-order valence-electron chi connectivity index (χ1n) is 10.8. The van der Waals surface area contributed by atoms with Crippen LogP contribution in [-0.2, 0) is 11.4 Å². The minimum absolute atomic E-state index is 0.0357. The van der Waals surface area contributed by atoms with E-state index in [0.29, 0.717) is 24.6 Å². The number of nitrogens with zero attached hydrogens (tertiary/aromatic N) is 1. The Balaban J connectivity index is 1.63. The molecule has 3 aromatic carbocycles. The molecule has 0 bridgehead atoms. The van der Waals surface area contributed by atoms with Crippen molar-refractivity contribution >= 4 is 24.6 Å². The second-order valence-electron chi connectivity index (χ2n) is 8.02. The summed E-state index contributed by atoms with van der Waals surface area (Å²) in [4.78, 5) is 15.0. The molecule has 2 atom stereocenters. The van der Waals surface area contributed by atoms with E-state index in [9.17, 15) is 9.82 Å². The Hall–Kier alpha value is -2.80. The van der Waals surface area contributed by atoms with E-state index in [1.807, 2.05) is 83.8 Å². The summed E-state index contributed by atoms with van der Waals surface area (Å²) in [6.07, 6.45) is 0.630. The number of rotatable bonds is 8. The van der Waals surface area contributed by atoms with Gasteiger partial charge in [-0.25, -0.2) is 0 Å². The van der Waals surface area contributed by atoms with E-state index >= 15 is 0 Å². The van der Waals surface area contributed by atoms with Gasteiger partial charge in [-0.05, 0) is 54.2 Å². The zero-order valence-electron chi connectivity index (χ0n) is 17.9. The molecule has 4 rings (SSSR count). The normalized spacial score (nSPS) is 16.8. The van der Waals surface area contributed by atoms with E-state index in [2.05, 4.69) is 5.23 Å². The van der Waals surface area contributed by atoms with Gasteiger partial charge in [-0.1, -0.05) is 66.2 Å². The second kappa shape index (κ2) is 10.2. The van der Waals surface area contributed by atoms with Gasteiger partial charge in [0, 0.05) is 11.6 Å². The highest BCUT2D eigenvalue weighted by molar-refractivity contribution is 6.46. The molecular formula is C25H26BClN2O3. The molecule has 0 aliphatic carbocycles. The summed E-state index contributed by atoms with van der Waals surface area (Å²) in [5.41, 5.74) is 2.97. The van der Waals surface area contributed by atoms with E-state index in [1.165, 1.54) is 0 Å². The number of likely N-dealkylation sites (tertiary alicyclic amines) is 1. The molecule has 0 aromatic heterocycles. The van der Waals surface area contributed by atoms with Crippen LogP contribution in [0.25, 0.3) is 0 Å². The molecule has 164 valence electrons. The molecule has 1 saturated heterocycles. The fourth-order valence-corrected chi connectivity index (χ4v) is 4.35. The molecule has 7 heteroatoms. The molecule has 3 aromatic rings. The van der Waals surface area contributed by atoms with Crippen LogP contribution in [0.3, 0.4) is 0 Å².